The molecule has 0 bridgehead atoms. The number of hydrogen-bond acceptors (Lipinski definition) is 3. The van der Waals surface area contributed by atoms with E-state index in [2.05, 4.69) is 0 Å². The Labute approximate surface area is 98.7 Å². The van der Waals surface area contributed by atoms with Crippen molar-refractivity contribution in [2.75, 3.05) is 13.0 Å². The van der Waals surface area contributed by atoms with Crippen molar-refractivity contribution in [1.29, 1.82) is 0 Å². The van der Waals surface area contributed by atoms with Crippen molar-refractivity contribution in [3.8, 4) is 11.5 Å². The second-order valence-electron chi connectivity index (χ2n) is 3.10. The zero-order chi connectivity index (χ0) is 12.0. The van der Waals surface area contributed by atoms with Gasteiger partial charge in [0.15, 0.2) is 6.10 Å². The molecule has 0 saturated heterocycles. The fourth-order valence-electron chi connectivity index (χ4n) is 1.15. The summed E-state index contributed by atoms with van der Waals surface area (Å²) in [5.41, 5.74) is 0. The number of ether oxygens (including phenoxy) is 2. The Balaban J connectivity index is 2.65. The Kier molecular flexibility index (Phi) is 4.92. The first kappa shape index (κ1) is 12.6. The Bertz CT molecular complexity index is 336. The third-order valence-electron chi connectivity index (χ3n) is 1.98. The van der Waals surface area contributed by atoms with E-state index in [9.17, 15) is 4.79 Å². The molecule has 1 rings (SSSR count). The van der Waals surface area contributed by atoms with Gasteiger partial charge in [0, 0.05) is 12.3 Å². The largest absolute Gasteiger partial charge is 0.497 e. The maximum atomic E-state index is 10.8. The van der Waals surface area contributed by atoms with Crippen LogP contribution in [0, 0.1) is 0 Å². The Morgan fingerprint density at radius 3 is 2.38 bits per heavy atom. The van der Waals surface area contributed by atoms with Gasteiger partial charge in [-0.25, -0.2) is 4.79 Å². The Morgan fingerprint density at radius 2 is 1.94 bits per heavy atom. The highest BCUT2D eigenvalue weighted by atomic mass is 35.5. The number of carboxylic acids is 1. The van der Waals surface area contributed by atoms with Gasteiger partial charge in [-0.2, -0.15) is 0 Å². The first-order valence-corrected chi connectivity index (χ1v) is 5.30. The van der Waals surface area contributed by atoms with E-state index >= 15 is 0 Å². The molecule has 1 N–H and O–H groups in total. The second kappa shape index (κ2) is 6.23. The van der Waals surface area contributed by atoms with Crippen molar-refractivity contribution in [2.24, 2.45) is 0 Å². The van der Waals surface area contributed by atoms with Gasteiger partial charge in [0.2, 0.25) is 0 Å². The normalized spacial score (nSPS) is 11.9. The van der Waals surface area contributed by atoms with Crippen LogP contribution in [0.1, 0.15) is 6.42 Å². The second-order valence-corrected chi connectivity index (χ2v) is 3.48. The lowest BCUT2D eigenvalue weighted by Crippen LogP contribution is -2.27. The monoisotopic (exact) mass is 244 g/mol. The SMILES string of the molecule is COc1ccc(OC(CCCl)C(=O)O)cc1. The van der Waals surface area contributed by atoms with Crippen LogP contribution in [0.4, 0.5) is 0 Å². The lowest BCUT2D eigenvalue weighted by molar-refractivity contribution is -0.145. The topological polar surface area (TPSA) is 55.8 Å². The van der Waals surface area contributed by atoms with E-state index in [0.29, 0.717) is 11.5 Å². The van der Waals surface area contributed by atoms with Crippen LogP contribution in [0.15, 0.2) is 24.3 Å². The number of carbonyl (C=O) groups is 1. The summed E-state index contributed by atoms with van der Waals surface area (Å²) >= 11 is 5.49. The van der Waals surface area contributed by atoms with Crippen LogP contribution in [0.2, 0.25) is 0 Å². The van der Waals surface area contributed by atoms with Gasteiger partial charge in [0.1, 0.15) is 11.5 Å². The van der Waals surface area contributed by atoms with E-state index in [0.717, 1.165) is 0 Å². The summed E-state index contributed by atoms with van der Waals surface area (Å²) in [7, 11) is 1.56. The Morgan fingerprint density at radius 1 is 1.38 bits per heavy atom. The molecule has 4 nitrogen and oxygen atoms in total. The van der Waals surface area contributed by atoms with Crippen LogP contribution in [-0.4, -0.2) is 30.2 Å². The number of rotatable bonds is 6. The molecule has 0 aromatic heterocycles. The average Bonchev–Trinajstić information content (AvgIpc) is 2.29. The van der Waals surface area contributed by atoms with Gasteiger partial charge in [-0.3, -0.25) is 0 Å². The highest BCUT2D eigenvalue weighted by Crippen LogP contribution is 2.19. The molecular formula is C11H13ClO4. The summed E-state index contributed by atoms with van der Waals surface area (Å²) < 4.78 is 10.3. The molecule has 0 aliphatic heterocycles. The van der Waals surface area contributed by atoms with E-state index in [1.807, 2.05) is 0 Å². The summed E-state index contributed by atoms with van der Waals surface area (Å²) in [5.74, 6) is 0.402. The van der Waals surface area contributed by atoms with Gasteiger partial charge in [0.05, 0.1) is 7.11 Å². The molecule has 0 radical (unpaired) electrons. The molecular weight excluding hydrogens is 232 g/mol. The third-order valence-corrected chi connectivity index (χ3v) is 2.20. The summed E-state index contributed by atoms with van der Waals surface area (Å²) in [6.07, 6.45) is -0.644. The van der Waals surface area contributed by atoms with Crippen LogP contribution in [0.3, 0.4) is 0 Å². The fourth-order valence-corrected chi connectivity index (χ4v) is 1.35. The number of benzene rings is 1. The molecule has 0 saturated carbocycles. The molecule has 1 aromatic rings. The van der Waals surface area contributed by atoms with Crippen LogP contribution >= 0.6 is 11.6 Å². The molecule has 5 heteroatoms. The molecule has 88 valence electrons. The van der Waals surface area contributed by atoms with Crippen LogP contribution in [-0.2, 0) is 4.79 Å². The van der Waals surface area contributed by atoms with Gasteiger partial charge in [0.25, 0.3) is 0 Å². The molecule has 0 aliphatic rings. The molecule has 16 heavy (non-hydrogen) atoms. The summed E-state index contributed by atoms with van der Waals surface area (Å²) in [5, 5.41) is 8.86. The molecule has 0 fully saturated rings. The molecule has 0 amide bonds. The van der Waals surface area contributed by atoms with E-state index in [1.54, 1.807) is 31.4 Å². The van der Waals surface area contributed by atoms with E-state index < -0.39 is 12.1 Å². The highest BCUT2D eigenvalue weighted by Gasteiger charge is 2.18. The zero-order valence-corrected chi connectivity index (χ0v) is 9.61. The third kappa shape index (κ3) is 3.62. The van der Waals surface area contributed by atoms with E-state index in [-0.39, 0.29) is 12.3 Å². The number of alkyl halides is 1. The highest BCUT2D eigenvalue weighted by molar-refractivity contribution is 6.18. The van der Waals surface area contributed by atoms with Crippen LogP contribution < -0.4 is 9.47 Å². The van der Waals surface area contributed by atoms with Crippen LogP contribution in [0.5, 0.6) is 11.5 Å². The molecule has 1 aromatic carbocycles. The summed E-state index contributed by atoms with van der Waals surface area (Å²) in [4.78, 5) is 10.8. The fraction of sp³-hybridized carbons (Fsp3) is 0.364. The van der Waals surface area contributed by atoms with E-state index in [4.69, 9.17) is 26.2 Å². The molecule has 1 atom stereocenters. The number of aliphatic carboxylic acids is 1. The van der Waals surface area contributed by atoms with Gasteiger partial charge >= 0.3 is 5.97 Å². The quantitative estimate of drug-likeness (QED) is 0.779. The molecule has 0 heterocycles. The lowest BCUT2D eigenvalue weighted by atomic mass is 10.2. The maximum Gasteiger partial charge on any atom is 0.344 e. The van der Waals surface area contributed by atoms with Crippen molar-refractivity contribution in [1.82, 2.24) is 0 Å². The van der Waals surface area contributed by atoms with Gasteiger partial charge in [-0.15, -0.1) is 11.6 Å². The van der Waals surface area contributed by atoms with Crippen molar-refractivity contribution in [3.63, 3.8) is 0 Å². The standard InChI is InChI=1S/C11H13ClO4/c1-15-8-2-4-9(5-3-8)16-10(6-7-12)11(13)14/h2-5,10H,6-7H2,1H3,(H,13,14). The van der Waals surface area contributed by atoms with Crippen LogP contribution in [0.25, 0.3) is 0 Å². The number of hydrogen-bond donors (Lipinski definition) is 1. The number of methoxy groups -OCH3 is 1. The minimum absolute atomic E-state index is 0.243. The van der Waals surface area contributed by atoms with Gasteiger partial charge in [-0.05, 0) is 24.3 Å². The summed E-state index contributed by atoms with van der Waals surface area (Å²) in [6.45, 7) is 0. The predicted molar refractivity (Wildman–Crippen MR) is 60.4 cm³/mol. The van der Waals surface area contributed by atoms with Crippen molar-refractivity contribution in [3.05, 3.63) is 24.3 Å². The predicted octanol–water partition coefficient (Wildman–Crippen LogP) is 2.16. The smallest absolute Gasteiger partial charge is 0.344 e. The summed E-state index contributed by atoms with van der Waals surface area (Å²) in [6, 6.07) is 6.72. The van der Waals surface area contributed by atoms with E-state index in [1.165, 1.54) is 0 Å². The molecule has 1 unspecified atom stereocenters. The first-order valence-electron chi connectivity index (χ1n) is 4.77. The molecule has 0 spiro atoms. The first-order chi connectivity index (χ1) is 7.67. The molecule has 0 aliphatic carbocycles. The minimum Gasteiger partial charge on any atom is -0.497 e. The van der Waals surface area contributed by atoms with Gasteiger partial charge < -0.3 is 14.6 Å². The van der Waals surface area contributed by atoms with Gasteiger partial charge in [-0.1, -0.05) is 0 Å². The zero-order valence-electron chi connectivity index (χ0n) is 8.85. The maximum absolute atomic E-state index is 10.8. The lowest BCUT2D eigenvalue weighted by Gasteiger charge is -2.13. The van der Waals surface area contributed by atoms with Crippen molar-refractivity contribution in [2.45, 2.75) is 12.5 Å². The number of halogens is 1. The average molecular weight is 245 g/mol. The minimum atomic E-state index is -1.02. The Hall–Kier alpha value is -1.42. The van der Waals surface area contributed by atoms with Crippen molar-refractivity contribution < 1.29 is 19.4 Å². The number of carboxylic acid groups (broad SMARTS) is 1. The van der Waals surface area contributed by atoms with Crippen molar-refractivity contribution >= 4 is 17.6 Å².